The number of sulfonamides is 1. The molecule has 0 aliphatic heterocycles. The lowest BCUT2D eigenvalue weighted by Gasteiger charge is -2.09. The quantitative estimate of drug-likeness (QED) is 0.944. The van der Waals surface area contributed by atoms with Gasteiger partial charge < -0.3 is 0 Å². The summed E-state index contributed by atoms with van der Waals surface area (Å²) in [5.41, 5.74) is -0.332. The third-order valence-corrected chi connectivity index (χ3v) is 3.88. The van der Waals surface area contributed by atoms with E-state index in [-0.39, 0.29) is 15.6 Å². The van der Waals surface area contributed by atoms with Crippen LogP contribution in [0.3, 0.4) is 0 Å². The van der Waals surface area contributed by atoms with Crippen molar-refractivity contribution in [1.82, 2.24) is 0 Å². The van der Waals surface area contributed by atoms with Gasteiger partial charge in [-0.25, -0.2) is 17.2 Å². The van der Waals surface area contributed by atoms with Gasteiger partial charge in [-0.05, 0) is 30.3 Å². The van der Waals surface area contributed by atoms with Crippen molar-refractivity contribution in [3.63, 3.8) is 0 Å². The van der Waals surface area contributed by atoms with E-state index in [0.717, 1.165) is 12.1 Å². The Bertz CT molecular complexity index is 719. The Morgan fingerprint density at radius 2 is 1.79 bits per heavy atom. The number of benzene rings is 2. The lowest BCUT2D eigenvalue weighted by molar-refractivity contribution is 0.583. The van der Waals surface area contributed by atoms with Gasteiger partial charge in [0.05, 0.1) is 10.6 Å². The van der Waals surface area contributed by atoms with Crippen LogP contribution in [0.25, 0.3) is 0 Å². The van der Waals surface area contributed by atoms with Gasteiger partial charge in [0, 0.05) is 11.1 Å². The van der Waals surface area contributed by atoms with Crippen LogP contribution in [0, 0.1) is 11.6 Å². The first-order valence-electron chi connectivity index (χ1n) is 5.12. The molecule has 0 heterocycles. The second-order valence-corrected chi connectivity index (χ2v) is 5.81. The molecule has 7 heteroatoms. The van der Waals surface area contributed by atoms with Crippen LogP contribution < -0.4 is 4.72 Å². The fourth-order valence-electron chi connectivity index (χ4n) is 1.41. The zero-order chi connectivity index (χ0) is 14.0. The third kappa shape index (κ3) is 3.21. The average molecular weight is 304 g/mol. The molecule has 19 heavy (non-hydrogen) atoms. The maximum atomic E-state index is 13.4. The Morgan fingerprint density at radius 3 is 2.42 bits per heavy atom. The number of halogens is 3. The summed E-state index contributed by atoms with van der Waals surface area (Å²) < 4.78 is 52.1. The van der Waals surface area contributed by atoms with Crippen LogP contribution in [0.4, 0.5) is 14.5 Å². The highest BCUT2D eigenvalue weighted by atomic mass is 35.5. The van der Waals surface area contributed by atoms with Gasteiger partial charge in [0.2, 0.25) is 0 Å². The molecule has 0 radical (unpaired) electrons. The van der Waals surface area contributed by atoms with Gasteiger partial charge in [-0.15, -0.1) is 0 Å². The van der Waals surface area contributed by atoms with Crippen molar-refractivity contribution in [2.24, 2.45) is 0 Å². The van der Waals surface area contributed by atoms with Gasteiger partial charge in [0.25, 0.3) is 10.0 Å². The van der Waals surface area contributed by atoms with Crippen LogP contribution in [-0.2, 0) is 10.0 Å². The second-order valence-electron chi connectivity index (χ2n) is 3.69. The highest BCUT2D eigenvalue weighted by Crippen LogP contribution is 2.21. The number of hydrogen-bond donors (Lipinski definition) is 1. The summed E-state index contributed by atoms with van der Waals surface area (Å²) in [6.07, 6.45) is 0. The molecule has 0 atom stereocenters. The molecule has 2 rings (SSSR count). The van der Waals surface area contributed by atoms with Gasteiger partial charge in [-0.1, -0.05) is 17.7 Å². The number of rotatable bonds is 3. The first-order chi connectivity index (χ1) is 8.88. The lowest BCUT2D eigenvalue weighted by atomic mass is 10.3. The van der Waals surface area contributed by atoms with Crippen LogP contribution in [0.15, 0.2) is 47.4 Å². The zero-order valence-electron chi connectivity index (χ0n) is 9.40. The molecule has 0 unspecified atom stereocenters. The average Bonchev–Trinajstić information content (AvgIpc) is 2.33. The summed E-state index contributed by atoms with van der Waals surface area (Å²) in [5.74, 6) is -1.78. The van der Waals surface area contributed by atoms with Gasteiger partial charge >= 0.3 is 0 Å². The van der Waals surface area contributed by atoms with Crippen LogP contribution in [0.5, 0.6) is 0 Å². The predicted octanol–water partition coefficient (Wildman–Crippen LogP) is 3.42. The van der Waals surface area contributed by atoms with E-state index in [1.165, 1.54) is 24.3 Å². The largest absolute Gasteiger partial charge is 0.277 e. The normalized spacial score (nSPS) is 11.3. The molecule has 0 amide bonds. The Balaban J connectivity index is 2.36. The molecule has 1 N–H and O–H groups in total. The number of nitrogens with one attached hydrogen (secondary N) is 1. The Hall–Kier alpha value is -1.66. The van der Waals surface area contributed by atoms with Crippen molar-refractivity contribution in [1.29, 1.82) is 0 Å². The number of hydrogen-bond acceptors (Lipinski definition) is 2. The molecular formula is C12H8ClF2NO2S. The standard InChI is InChI=1S/C12H8ClF2NO2S/c13-8-2-1-3-10(6-8)19(17,18)16-12-5-4-9(14)7-11(12)15/h1-7,16H. The summed E-state index contributed by atoms with van der Waals surface area (Å²) in [6, 6.07) is 8.07. The molecule has 0 aliphatic rings. The molecule has 0 bridgehead atoms. The second kappa shape index (κ2) is 5.14. The van der Waals surface area contributed by atoms with Crippen LogP contribution >= 0.6 is 11.6 Å². The van der Waals surface area contributed by atoms with Gasteiger partial charge in [-0.2, -0.15) is 0 Å². The zero-order valence-corrected chi connectivity index (χ0v) is 11.0. The smallest absolute Gasteiger partial charge is 0.262 e. The SMILES string of the molecule is O=S(=O)(Nc1ccc(F)cc1F)c1cccc(Cl)c1. The summed E-state index contributed by atoms with van der Waals surface area (Å²) in [7, 11) is -3.97. The van der Waals surface area contributed by atoms with E-state index in [1.54, 1.807) is 0 Å². The van der Waals surface area contributed by atoms with Gasteiger partial charge in [-0.3, -0.25) is 4.72 Å². The summed E-state index contributed by atoms with van der Waals surface area (Å²) in [4.78, 5) is -0.108. The topological polar surface area (TPSA) is 46.2 Å². The Morgan fingerprint density at radius 1 is 1.05 bits per heavy atom. The molecule has 0 spiro atoms. The molecular weight excluding hydrogens is 296 g/mol. The summed E-state index contributed by atoms with van der Waals surface area (Å²) in [5, 5.41) is 0.238. The van der Waals surface area contributed by atoms with E-state index in [0.29, 0.717) is 6.07 Å². The fourth-order valence-corrected chi connectivity index (χ4v) is 2.78. The molecule has 0 fully saturated rings. The molecule has 100 valence electrons. The Kier molecular flexibility index (Phi) is 3.73. The highest BCUT2D eigenvalue weighted by Gasteiger charge is 2.16. The van der Waals surface area contributed by atoms with Crippen molar-refractivity contribution >= 4 is 27.3 Å². The monoisotopic (exact) mass is 303 g/mol. The minimum absolute atomic E-state index is 0.108. The van der Waals surface area contributed by atoms with E-state index in [2.05, 4.69) is 0 Å². The van der Waals surface area contributed by atoms with E-state index in [4.69, 9.17) is 11.6 Å². The van der Waals surface area contributed by atoms with Gasteiger partial charge in [0.1, 0.15) is 11.6 Å². The maximum Gasteiger partial charge on any atom is 0.262 e. The minimum Gasteiger partial charge on any atom is -0.277 e. The van der Waals surface area contributed by atoms with Crippen molar-refractivity contribution in [3.8, 4) is 0 Å². The molecule has 2 aromatic rings. The van der Waals surface area contributed by atoms with E-state index < -0.39 is 21.7 Å². The fraction of sp³-hybridized carbons (Fsp3) is 0. The first kappa shape index (κ1) is 13.8. The number of anilines is 1. The van der Waals surface area contributed by atoms with E-state index in [1.807, 2.05) is 4.72 Å². The third-order valence-electron chi connectivity index (χ3n) is 2.28. The van der Waals surface area contributed by atoms with Gasteiger partial charge in [0.15, 0.2) is 0 Å². The van der Waals surface area contributed by atoms with E-state index >= 15 is 0 Å². The van der Waals surface area contributed by atoms with Crippen molar-refractivity contribution in [3.05, 3.63) is 59.1 Å². The minimum atomic E-state index is -3.97. The molecule has 0 aliphatic carbocycles. The molecule has 0 saturated carbocycles. The molecule has 0 aromatic heterocycles. The predicted molar refractivity (Wildman–Crippen MR) is 68.6 cm³/mol. The molecule has 0 saturated heterocycles. The van der Waals surface area contributed by atoms with Crippen molar-refractivity contribution < 1.29 is 17.2 Å². The highest BCUT2D eigenvalue weighted by molar-refractivity contribution is 7.92. The molecule has 2 aromatic carbocycles. The van der Waals surface area contributed by atoms with Crippen LogP contribution in [0.1, 0.15) is 0 Å². The van der Waals surface area contributed by atoms with Crippen LogP contribution in [-0.4, -0.2) is 8.42 Å². The molecule has 3 nitrogen and oxygen atoms in total. The summed E-state index contributed by atoms with van der Waals surface area (Å²) in [6.45, 7) is 0. The Labute approximate surface area is 113 Å². The van der Waals surface area contributed by atoms with Crippen molar-refractivity contribution in [2.45, 2.75) is 4.90 Å². The maximum absolute atomic E-state index is 13.4. The van der Waals surface area contributed by atoms with E-state index in [9.17, 15) is 17.2 Å². The van der Waals surface area contributed by atoms with Crippen LogP contribution in [0.2, 0.25) is 5.02 Å². The first-order valence-corrected chi connectivity index (χ1v) is 6.98. The lowest BCUT2D eigenvalue weighted by Crippen LogP contribution is -2.14. The van der Waals surface area contributed by atoms with Crippen molar-refractivity contribution in [2.75, 3.05) is 4.72 Å². The summed E-state index contributed by atoms with van der Waals surface area (Å²) >= 11 is 5.69.